The van der Waals surface area contributed by atoms with Crippen LogP contribution in [0.25, 0.3) is 11.1 Å². The molecule has 3 aromatic rings. The zero-order valence-electron chi connectivity index (χ0n) is 13.4. The number of rotatable bonds is 4. The molecule has 0 atom stereocenters. The number of ether oxygens (including phenoxy) is 1. The highest BCUT2D eigenvalue weighted by atomic mass is 19.1. The van der Waals surface area contributed by atoms with Crippen molar-refractivity contribution in [3.63, 3.8) is 0 Å². The molecule has 0 unspecified atom stereocenters. The Bertz CT molecular complexity index is 902. The van der Waals surface area contributed by atoms with Crippen molar-refractivity contribution >= 4 is 12.2 Å². The first kappa shape index (κ1) is 15.7. The van der Waals surface area contributed by atoms with Crippen LogP contribution in [0.1, 0.15) is 11.3 Å². The number of aryl methyl sites for hydroxylation is 1. The van der Waals surface area contributed by atoms with E-state index in [0.717, 1.165) is 22.4 Å². The molecule has 5 nitrogen and oxygen atoms in total. The van der Waals surface area contributed by atoms with E-state index in [0.29, 0.717) is 5.95 Å². The van der Waals surface area contributed by atoms with Crippen molar-refractivity contribution in [2.45, 2.75) is 6.92 Å². The van der Waals surface area contributed by atoms with Crippen LogP contribution >= 0.6 is 0 Å². The third-order valence-electron chi connectivity index (χ3n) is 3.54. The summed E-state index contributed by atoms with van der Waals surface area (Å²) in [7, 11) is 1.44. The number of methoxy groups -OCH3 is 1. The molecule has 0 aliphatic heterocycles. The van der Waals surface area contributed by atoms with Crippen LogP contribution in [0.15, 0.2) is 53.8 Å². The van der Waals surface area contributed by atoms with Gasteiger partial charge in [-0.3, -0.25) is 0 Å². The maximum Gasteiger partial charge on any atom is 0.221 e. The van der Waals surface area contributed by atoms with Gasteiger partial charge < -0.3 is 10.5 Å². The number of nitrogen functional groups attached to an aromatic ring is 1. The lowest BCUT2D eigenvalue weighted by molar-refractivity contribution is 0.386. The molecule has 2 N–H and O–H groups in total. The number of nitrogens with zero attached hydrogens (tertiary/aromatic N) is 3. The third kappa shape index (κ3) is 3.27. The van der Waals surface area contributed by atoms with Crippen molar-refractivity contribution in [2.24, 2.45) is 5.10 Å². The van der Waals surface area contributed by atoms with Gasteiger partial charge in [0.1, 0.15) is 0 Å². The Balaban J connectivity index is 1.89. The van der Waals surface area contributed by atoms with E-state index >= 15 is 0 Å². The monoisotopic (exact) mass is 324 g/mol. The van der Waals surface area contributed by atoms with Gasteiger partial charge in [0.2, 0.25) is 5.95 Å². The van der Waals surface area contributed by atoms with E-state index in [-0.39, 0.29) is 5.75 Å². The van der Waals surface area contributed by atoms with Crippen molar-refractivity contribution in [2.75, 3.05) is 12.8 Å². The highest BCUT2D eigenvalue weighted by Gasteiger charge is 2.05. The highest BCUT2D eigenvalue weighted by Crippen LogP contribution is 2.25. The Kier molecular flexibility index (Phi) is 4.29. The SMILES string of the molecule is COc1ccc(-c2cccc(C=Nn3cc(C)nc3N)c2)cc1F. The van der Waals surface area contributed by atoms with Gasteiger partial charge in [-0.25, -0.2) is 14.1 Å². The zero-order chi connectivity index (χ0) is 17.1. The Morgan fingerprint density at radius 3 is 2.67 bits per heavy atom. The van der Waals surface area contributed by atoms with E-state index < -0.39 is 5.82 Å². The summed E-state index contributed by atoms with van der Waals surface area (Å²) in [4.78, 5) is 4.09. The minimum atomic E-state index is -0.393. The van der Waals surface area contributed by atoms with Crippen molar-refractivity contribution in [1.29, 1.82) is 0 Å². The first-order chi connectivity index (χ1) is 11.6. The van der Waals surface area contributed by atoms with Crippen LogP contribution in [0.3, 0.4) is 0 Å². The number of halogens is 1. The standard InChI is InChI=1S/C18H17FN4O/c1-12-11-23(18(20)22-12)21-10-13-4-3-5-14(8-13)15-6-7-17(24-2)16(19)9-15/h3-11H,1-2H3,(H2,20,22). The molecule has 6 heteroatoms. The van der Waals surface area contributed by atoms with Gasteiger partial charge in [0.15, 0.2) is 11.6 Å². The molecular formula is C18H17FN4O. The first-order valence-corrected chi connectivity index (χ1v) is 7.36. The average molecular weight is 324 g/mol. The summed E-state index contributed by atoms with van der Waals surface area (Å²) < 4.78 is 20.3. The third-order valence-corrected chi connectivity index (χ3v) is 3.54. The van der Waals surface area contributed by atoms with E-state index in [2.05, 4.69) is 10.1 Å². The molecule has 0 fully saturated rings. The van der Waals surface area contributed by atoms with Crippen molar-refractivity contribution in [3.8, 4) is 16.9 Å². The quantitative estimate of drug-likeness (QED) is 0.747. The van der Waals surface area contributed by atoms with E-state index in [1.807, 2.05) is 37.3 Å². The largest absolute Gasteiger partial charge is 0.494 e. The maximum absolute atomic E-state index is 13.9. The van der Waals surface area contributed by atoms with Gasteiger partial charge in [0, 0.05) is 0 Å². The lowest BCUT2D eigenvalue weighted by Crippen LogP contribution is -1.97. The smallest absolute Gasteiger partial charge is 0.221 e. The molecule has 24 heavy (non-hydrogen) atoms. The zero-order valence-corrected chi connectivity index (χ0v) is 13.4. The molecule has 0 bridgehead atoms. The number of benzene rings is 2. The van der Waals surface area contributed by atoms with Gasteiger partial charge in [-0.2, -0.15) is 5.10 Å². The molecule has 0 aliphatic rings. The van der Waals surface area contributed by atoms with Crippen LogP contribution in [0.2, 0.25) is 0 Å². The fourth-order valence-corrected chi connectivity index (χ4v) is 2.37. The number of hydrogen-bond acceptors (Lipinski definition) is 4. The Morgan fingerprint density at radius 1 is 1.21 bits per heavy atom. The predicted molar refractivity (Wildman–Crippen MR) is 92.8 cm³/mol. The predicted octanol–water partition coefficient (Wildman–Crippen LogP) is 3.47. The molecule has 0 radical (unpaired) electrons. The highest BCUT2D eigenvalue weighted by molar-refractivity contribution is 5.82. The molecule has 1 aromatic heterocycles. The number of hydrogen-bond donors (Lipinski definition) is 1. The summed E-state index contributed by atoms with van der Waals surface area (Å²) in [6.45, 7) is 1.85. The van der Waals surface area contributed by atoms with Gasteiger partial charge in [-0.1, -0.05) is 24.3 Å². The summed E-state index contributed by atoms with van der Waals surface area (Å²) in [5.41, 5.74) is 9.07. The van der Waals surface area contributed by atoms with E-state index in [1.54, 1.807) is 18.5 Å². The lowest BCUT2D eigenvalue weighted by Gasteiger charge is -2.06. The van der Waals surface area contributed by atoms with Gasteiger partial charge in [-0.15, -0.1) is 0 Å². The van der Waals surface area contributed by atoms with Crippen molar-refractivity contribution in [1.82, 2.24) is 9.66 Å². The molecule has 0 amide bonds. The summed E-state index contributed by atoms with van der Waals surface area (Å²) in [6, 6.07) is 12.5. The van der Waals surface area contributed by atoms with Gasteiger partial charge in [0.25, 0.3) is 0 Å². The van der Waals surface area contributed by atoms with Crippen LogP contribution in [0.4, 0.5) is 10.3 Å². The van der Waals surface area contributed by atoms with Gasteiger partial charge in [0.05, 0.1) is 25.2 Å². The molecule has 0 saturated heterocycles. The number of anilines is 1. The molecule has 3 rings (SSSR count). The fraction of sp³-hybridized carbons (Fsp3) is 0.111. The van der Waals surface area contributed by atoms with E-state index in [9.17, 15) is 4.39 Å². The summed E-state index contributed by atoms with van der Waals surface area (Å²) >= 11 is 0. The van der Waals surface area contributed by atoms with Gasteiger partial charge in [-0.05, 0) is 41.8 Å². The molecule has 122 valence electrons. The molecule has 1 heterocycles. The summed E-state index contributed by atoms with van der Waals surface area (Å²) in [6.07, 6.45) is 3.43. The average Bonchev–Trinajstić information content (AvgIpc) is 2.90. The molecule has 0 saturated carbocycles. The van der Waals surface area contributed by atoms with Gasteiger partial charge >= 0.3 is 0 Å². The fourth-order valence-electron chi connectivity index (χ4n) is 2.37. The Hall–Kier alpha value is -3.15. The van der Waals surface area contributed by atoms with Crippen LogP contribution in [-0.2, 0) is 0 Å². The number of aromatic nitrogens is 2. The molecule has 0 aliphatic carbocycles. The Morgan fingerprint density at radius 2 is 2.00 bits per heavy atom. The van der Waals surface area contributed by atoms with E-state index in [1.165, 1.54) is 17.9 Å². The van der Waals surface area contributed by atoms with Crippen LogP contribution in [-0.4, -0.2) is 23.0 Å². The van der Waals surface area contributed by atoms with E-state index in [4.69, 9.17) is 10.5 Å². The van der Waals surface area contributed by atoms with Crippen molar-refractivity contribution < 1.29 is 9.13 Å². The summed E-state index contributed by atoms with van der Waals surface area (Å²) in [5.74, 6) is 0.162. The molecule has 2 aromatic carbocycles. The van der Waals surface area contributed by atoms with Crippen LogP contribution < -0.4 is 10.5 Å². The van der Waals surface area contributed by atoms with Crippen molar-refractivity contribution in [3.05, 3.63) is 65.7 Å². The molecule has 0 spiro atoms. The van der Waals surface area contributed by atoms with Crippen LogP contribution in [0, 0.1) is 12.7 Å². The number of imidazole rings is 1. The minimum Gasteiger partial charge on any atom is -0.494 e. The normalized spacial score (nSPS) is 11.1. The maximum atomic E-state index is 13.9. The topological polar surface area (TPSA) is 65.4 Å². The first-order valence-electron chi connectivity index (χ1n) is 7.36. The Labute approximate surface area is 139 Å². The second-order valence-corrected chi connectivity index (χ2v) is 5.30. The van der Waals surface area contributed by atoms with Crippen LogP contribution in [0.5, 0.6) is 5.75 Å². The number of nitrogens with two attached hydrogens (primary N) is 1. The molecular weight excluding hydrogens is 307 g/mol. The lowest BCUT2D eigenvalue weighted by atomic mass is 10.0. The second-order valence-electron chi connectivity index (χ2n) is 5.30. The second kappa shape index (κ2) is 6.54. The summed E-state index contributed by atoms with van der Waals surface area (Å²) in [5, 5.41) is 4.29. The minimum absolute atomic E-state index is 0.224.